The van der Waals surface area contributed by atoms with Gasteiger partial charge in [-0.15, -0.1) is 0 Å². The summed E-state index contributed by atoms with van der Waals surface area (Å²) in [6, 6.07) is 0. The molecule has 2 unspecified atom stereocenters. The molecule has 0 aromatic heterocycles. The summed E-state index contributed by atoms with van der Waals surface area (Å²) < 4.78 is 0. The first-order valence-electron chi connectivity index (χ1n) is 15.6. The van der Waals surface area contributed by atoms with E-state index in [2.05, 4.69) is 13.8 Å². The van der Waals surface area contributed by atoms with E-state index in [4.69, 9.17) is 0 Å². The molecule has 0 aromatic rings. The molecule has 4 nitrogen and oxygen atoms in total. The summed E-state index contributed by atoms with van der Waals surface area (Å²) in [6.07, 6.45) is 26.1. The Balaban J connectivity index is 0.000000549. The normalized spacial score (nSPS) is 19.9. The van der Waals surface area contributed by atoms with E-state index in [9.17, 15) is 19.8 Å². The van der Waals surface area contributed by atoms with Crippen LogP contribution in [0.4, 0.5) is 0 Å². The van der Waals surface area contributed by atoms with Gasteiger partial charge in [0.15, 0.2) is 0 Å². The summed E-state index contributed by atoms with van der Waals surface area (Å²) in [5.74, 6) is -2.23. The Labute approximate surface area is 244 Å². The fraction of sp³-hybridized carbons (Fsp3) is 0.935. The molecule has 220 valence electrons. The number of carbonyl (C=O) groups excluding carboxylic acids is 2. The van der Waals surface area contributed by atoms with Crippen molar-refractivity contribution in [1.29, 1.82) is 0 Å². The molecule has 0 heterocycles. The van der Waals surface area contributed by atoms with Crippen LogP contribution in [0.2, 0.25) is 0 Å². The topological polar surface area (TPSA) is 80.3 Å². The number of carboxylic acid groups (broad SMARTS) is 2. The van der Waals surface area contributed by atoms with Gasteiger partial charge >= 0.3 is 20.4 Å². The van der Waals surface area contributed by atoms with Crippen molar-refractivity contribution < 1.29 is 40.2 Å². The fourth-order valence-corrected chi connectivity index (χ4v) is 11.1. The number of aliphatic carboxylic acids is 2. The Morgan fingerprint density at radius 2 is 0.892 bits per heavy atom. The number of carbonyl (C=O) groups is 2. The van der Waals surface area contributed by atoms with Crippen molar-refractivity contribution in [1.82, 2.24) is 0 Å². The van der Waals surface area contributed by atoms with E-state index in [0.29, 0.717) is 20.8 Å². The van der Waals surface area contributed by atoms with Crippen LogP contribution in [0.1, 0.15) is 156 Å². The zero-order chi connectivity index (χ0) is 26.8. The van der Waals surface area contributed by atoms with E-state index >= 15 is 0 Å². The first-order chi connectivity index (χ1) is 17.4. The van der Waals surface area contributed by atoms with Gasteiger partial charge in [-0.2, -0.15) is 0 Å². The second-order valence-electron chi connectivity index (χ2n) is 11.4. The van der Waals surface area contributed by atoms with Crippen molar-refractivity contribution in [2.45, 2.75) is 173 Å². The van der Waals surface area contributed by atoms with Crippen LogP contribution in [0.15, 0.2) is 0 Å². The van der Waals surface area contributed by atoms with Crippen molar-refractivity contribution in [3.8, 4) is 0 Å². The van der Waals surface area contributed by atoms with E-state index in [0.717, 1.165) is 38.5 Å². The number of carboxylic acids is 2. The smallest absolute Gasteiger partial charge is 0.550 e. The molecule has 0 saturated heterocycles. The Morgan fingerprint density at radius 1 is 0.622 bits per heavy atom. The van der Waals surface area contributed by atoms with Crippen LogP contribution < -0.4 is 10.2 Å². The van der Waals surface area contributed by atoms with Crippen molar-refractivity contribution >= 4 is 19.9 Å². The van der Waals surface area contributed by atoms with E-state index < -0.39 is 11.9 Å². The van der Waals surface area contributed by atoms with E-state index in [1.54, 1.807) is 77.0 Å². The summed E-state index contributed by atoms with van der Waals surface area (Å²) in [5.41, 5.74) is 3.63. The van der Waals surface area contributed by atoms with Gasteiger partial charge in [0, 0.05) is 11.9 Å². The van der Waals surface area contributed by atoms with Crippen LogP contribution in [-0.2, 0) is 30.0 Å². The van der Waals surface area contributed by atoms with Gasteiger partial charge in [-0.1, -0.05) is 99.8 Å². The average molecular weight is 631 g/mol. The monoisotopic (exact) mass is 630 g/mol. The van der Waals surface area contributed by atoms with Crippen molar-refractivity contribution in [3.63, 3.8) is 0 Å². The van der Waals surface area contributed by atoms with E-state index in [1.165, 1.54) is 17.0 Å². The molecule has 0 aliphatic heterocycles. The number of rotatable bonds is 13. The molecule has 0 amide bonds. The second-order valence-corrected chi connectivity index (χ2v) is 14.5. The molecule has 6 heteroatoms. The van der Waals surface area contributed by atoms with Gasteiger partial charge in [0.05, 0.1) is 0 Å². The summed E-state index contributed by atoms with van der Waals surface area (Å²) in [4.78, 5) is 20.7. The number of unbranched alkanes of at least 4 members (excludes halogenated alkanes) is 2. The largest absolute Gasteiger partial charge is 2.00 e. The molecule has 37 heavy (non-hydrogen) atoms. The minimum absolute atomic E-state index is 0. The van der Waals surface area contributed by atoms with E-state index in [-0.39, 0.29) is 32.3 Å². The molecule has 2 atom stereocenters. The maximum Gasteiger partial charge on any atom is 2.00 e. The van der Waals surface area contributed by atoms with Crippen molar-refractivity contribution in [2.24, 2.45) is 11.8 Å². The molecule has 0 aromatic carbocycles. The summed E-state index contributed by atoms with van der Waals surface area (Å²) >= 11 is 0. The predicted octanol–water partition coefficient (Wildman–Crippen LogP) is 7.20. The Bertz CT molecular complexity index is 506. The van der Waals surface area contributed by atoms with Gasteiger partial charge in [-0.05, 0) is 93.0 Å². The van der Waals surface area contributed by atoms with Crippen LogP contribution in [0.5, 0.6) is 0 Å². The maximum absolute atomic E-state index is 10.3. The standard InChI is InChI=1S/C15H27P.2C8H16O2.Pd/c1-2-8-13(7-1)16(14-9-3-4-10-14)15-11-5-6-12-15;2*1-3-5-6-7(4-2)8(9)10;/h13-15H,1-12H2;2*7H,3-6H2,1-2H3,(H,9,10);/q;;;+2/p-2. The molecule has 0 radical (unpaired) electrons. The van der Waals surface area contributed by atoms with E-state index in [1.807, 2.05) is 13.8 Å². The molecule has 3 aliphatic rings. The number of hydrogen-bond acceptors (Lipinski definition) is 4. The SMILES string of the molecule is C1CCC(P(C2CCCC2)C2CCCC2)C1.CCCCC(CC)C(=O)[O-].CCCCC(CC)C(=O)[O-].[Pd+2]. The summed E-state index contributed by atoms with van der Waals surface area (Å²) in [7, 11) is 0.436. The van der Waals surface area contributed by atoms with Crippen LogP contribution in [0.3, 0.4) is 0 Å². The third-order valence-corrected chi connectivity index (χ3v) is 12.8. The minimum atomic E-state index is -0.893. The number of hydrogen-bond donors (Lipinski definition) is 0. The van der Waals surface area contributed by atoms with Crippen molar-refractivity contribution in [2.75, 3.05) is 0 Å². The van der Waals surface area contributed by atoms with Gasteiger partial charge in [0.25, 0.3) is 0 Å². The zero-order valence-electron chi connectivity index (χ0n) is 24.4. The first kappa shape index (κ1) is 37.0. The van der Waals surface area contributed by atoms with Crippen LogP contribution in [-0.4, -0.2) is 28.9 Å². The minimum Gasteiger partial charge on any atom is -0.550 e. The van der Waals surface area contributed by atoms with Crippen LogP contribution in [0.25, 0.3) is 0 Å². The summed E-state index contributed by atoms with van der Waals surface area (Å²) in [5, 5.41) is 20.7. The van der Waals surface area contributed by atoms with Gasteiger partial charge < -0.3 is 19.8 Å². The van der Waals surface area contributed by atoms with Gasteiger partial charge in [0.1, 0.15) is 0 Å². The molecule has 3 fully saturated rings. The van der Waals surface area contributed by atoms with Crippen LogP contribution >= 0.6 is 7.92 Å². The summed E-state index contributed by atoms with van der Waals surface area (Å²) in [6.45, 7) is 7.89. The maximum atomic E-state index is 10.3. The predicted molar refractivity (Wildman–Crippen MR) is 150 cm³/mol. The molecule has 3 saturated carbocycles. The molecule has 0 N–H and O–H groups in total. The molecular formula is C31H57O4PPd. The first-order valence-corrected chi connectivity index (χ1v) is 17.1. The average Bonchev–Trinajstić information content (AvgIpc) is 3.66. The fourth-order valence-electron chi connectivity index (χ4n) is 6.38. The Kier molecular flexibility index (Phi) is 22.8. The van der Waals surface area contributed by atoms with Crippen LogP contribution in [0, 0.1) is 11.8 Å². The van der Waals surface area contributed by atoms with Crippen molar-refractivity contribution in [3.05, 3.63) is 0 Å². The molecule has 3 aliphatic carbocycles. The molecule has 0 spiro atoms. The second kappa shape index (κ2) is 22.8. The molecular weight excluding hydrogens is 574 g/mol. The molecule has 3 rings (SSSR count). The molecule has 0 bridgehead atoms. The Morgan fingerprint density at radius 3 is 1.08 bits per heavy atom. The van der Waals surface area contributed by atoms with Gasteiger partial charge in [-0.3, -0.25) is 0 Å². The third-order valence-electron chi connectivity index (χ3n) is 8.70. The quantitative estimate of drug-likeness (QED) is 0.159. The zero-order valence-corrected chi connectivity index (χ0v) is 26.9. The third kappa shape index (κ3) is 14.8. The Hall–Kier alpha value is 0.0323. The van der Waals surface area contributed by atoms with Gasteiger partial charge in [-0.25, -0.2) is 0 Å². The van der Waals surface area contributed by atoms with Gasteiger partial charge in [0.2, 0.25) is 0 Å².